The van der Waals surface area contributed by atoms with Gasteiger partial charge < -0.3 is 20.6 Å². The Kier molecular flexibility index (Phi) is 6.66. The SMILES string of the molecule is OC1CCN(CCCNc2cccc(Nc3nccc(-c4nccs4)n3)c2)CC1. The Labute approximate surface area is 174 Å². The average molecular weight is 411 g/mol. The number of aliphatic hydroxyl groups is 1. The lowest BCUT2D eigenvalue weighted by molar-refractivity contribution is 0.0825. The van der Waals surface area contributed by atoms with Crippen molar-refractivity contribution >= 4 is 28.7 Å². The summed E-state index contributed by atoms with van der Waals surface area (Å²) in [4.78, 5) is 15.6. The summed E-state index contributed by atoms with van der Waals surface area (Å²) in [6.07, 6.45) is 6.28. The second-order valence-electron chi connectivity index (χ2n) is 7.16. The van der Waals surface area contributed by atoms with Gasteiger partial charge in [-0.15, -0.1) is 11.3 Å². The van der Waals surface area contributed by atoms with E-state index < -0.39 is 0 Å². The lowest BCUT2D eigenvalue weighted by atomic mass is 10.1. The van der Waals surface area contributed by atoms with Crippen molar-refractivity contribution in [1.29, 1.82) is 0 Å². The first-order valence-corrected chi connectivity index (χ1v) is 10.9. The van der Waals surface area contributed by atoms with Gasteiger partial charge >= 0.3 is 0 Å². The van der Waals surface area contributed by atoms with Crippen LogP contribution in [0, 0.1) is 0 Å². The number of thiazole rings is 1. The van der Waals surface area contributed by atoms with E-state index in [0.29, 0.717) is 5.95 Å². The van der Waals surface area contributed by atoms with E-state index >= 15 is 0 Å². The standard InChI is InChI=1S/C21H26N6OS/c28-18-6-12-27(13-7-18)11-2-8-22-16-3-1-4-17(15-16)25-21-24-9-5-19(26-21)20-23-10-14-29-20/h1,3-5,9-10,14-15,18,22,28H,2,6-8,11-13H2,(H,24,25,26). The van der Waals surface area contributed by atoms with Crippen LogP contribution in [-0.2, 0) is 0 Å². The summed E-state index contributed by atoms with van der Waals surface area (Å²) in [6.45, 7) is 3.98. The van der Waals surface area contributed by atoms with E-state index in [-0.39, 0.29) is 6.10 Å². The molecule has 0 spiro atoms. The Balaban J connectivity index is 1.28. The first-order chi connectivity index (χ1) is 14.3. The summed E-state index contributed by atoms with van der Waals surface area (Å²) in [5, 5.41) is 19.2. The van der Waals surface area contributed by atoms with Gasteiger partial charge in [-0.25, -0.2) is 15.0 Å². The summed E-state index contributed by atoms with van der Waals surface area (Å²) in [6, 6.07) is 10.0. The lowest BCUT2D eigenvalue weighted by Gasteiger charge is -2.29. The zero-order chi connectivity index (χ0) is 19.9. The molecule has 0 saturated carbocycles. The molecule has 152 valence electrons. The number of nitrogens with one attached hydrogen (secondary N) is 2. The lowest BCUT2D eigenvalue weighted by Crippen LogP contribution is -2.36. The van der Waals surface area contributed by atoms with Gasteiger partial charge in [0.2, 0.25) is 5.95 Å². The number of aromatic nitrogens is 3. The van der Waals surface area contributed by atoms with Gasteiger partial charge in [-0.2, -0.15) is 0 Å². The molecule has 4 rings (SSSR count). The number of likely N-dealkylation sites (tertiary alicyclic amines) is 1. The molecule has 1 aromatic carbocycles. The van der Waals surface area contributed by atoms with Gasteiger partial charge in [0, 0.05) is 48.8 Å². The molecule has 1 fully saturated rings. The highest BCUT2D eigenvalue weighted by atomic mass is 32.1. The van der Waals surface area contributed by atoms with Crippen molar-refractivity contribution in [2.75, 3.05) is 36.8 Å². The number of benzene rings is 1. The predicted molar refractivity (Wildman–Crippen MR) is 118 cm³/mol. The van der Waals surface area contributed by atoms with Crippen LogP contribution in [0.4, 0.5) is 17.3 Å². The number of anilines is 3. The molecule has 1 aliphatic heterocycles. The van der Waals surface area contributed by atoms with Gasteiger partial charge in [0.1, 0.15) is 10.7 Å². The normalized spacial score (nSPS) is 15.3. The second kappa shape index (κ2) is 9.78. The molecule has 1 aliphatic rings. The largest absolute Gasteiger partial charge is 0.393 e. The van der Waals surface area contributed by atoms with Crippen molar-refractivity contribution in [3.63, 3.8) is 0 Å². The van der Waals surface area contributed by atoms with Gasteiger partial charge in [-0.1, -0.05) is 6.07 Å². The number of rotatable bonds is 8. The Morgan fingerprint density at radius 1 is 1.10 bits per heavy atom. The Bertz CT molecular complexity index is 896. The van der Waals surface area contributed by atoms with Crippen LogP contribution < -0.4 is 10.6 Å². The van der Waals surface area contributed by atoms with Crippen LogP contribution in [0.5, 0.6) is 0 Å². The van der Waals surface area contributed by atoms with E-state index in [0.717, 1.165) is 67.5 Å². The maximum absolute atomic E-state index is 9.59. The Morgan fingerprint density at radius 2 is 1.97 bits per heavy atom. The van der Waals surface area contributed by atoms with Crippen molar-refractivity contribution in [2.45, 2.75) is 25.4 Å². The van der Waals surface area contributed by atoms with Crippen LogP contribution in [0.25, 0.3) is 10.7 Å². The molecule has 2 aromatic heterocycles. The highest BCUT2D eigenvalue weighted by molar-refractivity contribution is 7.13. The highest BCUT2D eigenvalue weighted by Crippen LogP contribution is 2.22. The zero-order valence-corrected chi connectivity index (χ0v) is 17.1. The number of piperidine rings is 1. The molecule has 0 radical (unpaired) electrons. The van der Waals surface area contributed by atoms with E-state index in [1.54, 1.807) is 23.7 Å². The van der Waals surface area contributed by atoms with E-state index in [1.165, 1.54) is 0 Å². The molecule has 7 nitrogen and oxygen atoms in total. The summed E-state index contributed by atoms with van der Waals surface area (Å²) in [5.41, 5.74) is 2.83. The molecule has 1 saturated heterocycles. The first kappa shape index (κ1) is 19.8. The van der Waals surface area contributed by atoms with Gasteiger partial charge in [-0.05, 0) is 50.1 Å². The average Bonchev–Trinajstić information content (AvgIpc) is 3.28. The van der Waals surface area contributed by atoms with Crippen LogP contribution in [0.15, 0.2) is 48.1 Å². The number of nitrogens with zero attached hydrogens (tertiary/aromatic N) is 4. The van der Waals surface area contributed by atoms with Crippen molar-refractivity contribution in [3.8, 4) is 10.7 Å². The summed E-state index contributed by atoms with van der Waals surface area (Å²) < 4.78 is 0. The molecule has 0 amide bonds. The van der Waals surface area contributed by atoms with Crippen LogP contribution in [0.3, 0.4) is 0 Å². The minimum atomic E-state index is -0.106. The summed E-state index contributed by atoms with van der Waals surface area (Å²) >= 11 is 1.56. The molecule has 0 atom stereocenters. The third kappa shape index (κ3) is 5.72. The maximum Gasteiger partial charge on any atom is 0.227 e. The van der Waals surface area contributed by atoms with E-state index in [2.05, 4.69) is 42.6 Å². The fourth-order valence-electron chi connectivity index (χ4n) is 3.40. The van der Waals surface area contributed by atoms with Crippen molar-refractivity contribution in [2.24, 2.45) is 0 Å². The quantitative estimate of drug-likeness (QED) is 0.489. The highest BCUT2D eigenvalue weighted by Gasteiger charge is 2.15. The summed E-state index contributed by atoms with van der Waals surface area (Å²) in [5.74, 6) is 0.558. The van der Waals surface area contributed by atoms with Crippen LogP contribution in [-0.4, -0.2) is 57.2 Å². The molecule has 8 heteroatoms. The van der Waals surface area contributed by atoms with Crippen molar-refractivity contribution in [3.05, 3.63) is 48.1 Å². The minimum Gasteiger partial charge on any atom is -0.393 e. The van der Waals surface area contributed by atoms with Gasteiger partial charge in [0.15, 0.2) is 0 Å². The van der Waals surface area contributed by atoms with E-state index in [1.807, 2.05) is 23.6 Å². The summed E-state index contributed by atoms with van der Waals surface area (Å²) in [7, 11) is 0. The van der Waals surface area contributed by atoms with Gasteiger partial charge in [0.25, 0.3) is 0 Å². The van der Waals surface area contributed by atoms with Crippen molar-refractivity contribution in [1.82, 2.24) is 19.9 Å². The Morgan fingerprint density at radius 3 is 2.79 bits per heavy atom. The van der Waals surface area contributed by atoms with Gasteiger partial charge in [0.05, 0.1) is 6.10 Å². The predicted octanol–water partition coefficient (Wildman–Crippen LogP) is 3.60. The molecule has 3 N–H and O–H groups in total. The molecule has 3 aromatic rings. The molecule has 0 aliphatic carbocycles. The third-order valence-corrected chi connectivity index (χ3v) is 5.76. The van der Waals surface area contributed by atoms with Crippen LogP contribution in [0.1, 0.15) is 19.3 Å². The number of hydrogen-bond donors (Lipinski definition) is 3. The third-order valence-electron chi connectivity index (χ3n) is 4.96. The van der Waals surface area contributed by atoms with Crippen LogP contribution in [0.2, 0.25) is 0 Å². The first-order valence-electron chi connectivity index (χ1n) is 10.0. The topological polar surface area (TPSA) is 86.2 Å². The van der Waals surface area contributed by atoms with E-state index in [9.17, 15) is 5.11 Å². The molecule has 0 unspecified atom stereocenters. The van der Waals surface area contributed by atoms with Crippen LogP contribution >= 0.6 is 11.3 Å². The molecule has 29 heavy (non-hydrogen) atoms. The molecule has 3 heterocycles. The second-order valence-corrected chi connectivity index (χ2v) is 8.06. The molecular formula is C21H26N6OS. The number of hydrogen-bond acceptors (Lipinski definition) is 8. The fraction of sp³-hybridized carbons (Fsp3) is 0.381. The Hall–Kier alpha value is -2.55. The maximum atomic E-state index is 9.59. The smallest absolute Gasteiger partial charge is 0.227 e. The monoisotopic (exact) mass is 410 g/mol. The van der Waals surface area contributed by atoms with Crippen molar-refractivity contribution < 1.29 is 5.11 Å². The minimum absolute atomic E-state index is 0.106. The fourth-order valence-corrected chi connectivity index (χ4v) is 4.01. The zero-order valence-electron chi connectivity index (χ0n) is 16.3. The van der Waals surface area contributed by atoms with Gasteiger partial charge in [-0.3, -0.25) is 0 Å². The number of aliphatic hydroxyl groups excluding tert-OH is 1. The molecular weight excluding hydrogens is 384 g/mol. The van der Waals surface area contributed by atoms with E-state index in [4.69, 9.17) is 0 Å². The molecule has 0 bridgehead atoms.